The molecule has 0 nitrogen and oxygen atoms in total. The second-order valence-corrected chi connectivity index (χ2v) is 4.43. The molecule has 1 saturated carbocycles. The maximum absolute atomic E-state index is 2.46. The fourth-order valence-electron chi connectivity index (χ4n) is 2.31. The van der Waals surface area contributed by atoms with E-state index in [1.54, 1.807) is 0 Å². The van der Waals surface area contributed by atoms with Crippen LogP contribution in [-0.2, 0) is 0 Å². The van der Waals surface area contributed by atoms with E-state index >= 15 is 0 Å². The average Bonchev–Trinajstić information content (AvgIpc) is 2.31. The largest absolute Gasteiger partial charge is 0.0883 e. The molecule has 0 heteroatoms. The molecule has 0 radical (unpaired) electrons. The normalized spacial score (nSPS) is 36.4. The average molecular weight is 166 g/mol. The van der Waals surface area contributed by atoms with Crippen LogP contribution < -0.4 is 0 Å². The molecule has 0 spiro atoms. The van der Waals surface area contributed by atoms with Crippen molar-refractivity contribution in [2.75, 3.05) is 0 Å². The molecule has 0 aromatic heterocycles. The maximum Gasteiger partial charge on any atom is -0.0205 e. The van der Waals surface area contributed by atoms with Gasteiger partial charge in [0.15, 0.2) is 0 Å². The fraction of sp³-hybridized carbons (Fsp3) is 0.833. The third-order valence-electron chi connectivity index (χ3n) is 3.02. The Morgan fingerprint density at radius 3 is 2.50 bits per heavy atom. The van der Waals surface area contributed by atoms with Gasteiger partial charge in [0.2, 0.25) is 0 Å². The van der Waals surface area contributed by atoms with Crippen LogP contribution in [0.4, 0.5) is 0 Å². The lowest BCUT2D eigenvalue weighted by atomic mass is 9.97. The zero-order valence-electron chi connectivity index (χ0n) is 8.72. The lowest BCUT2D eigenvalue weighted by Crippen LogP contribution is -1.98. The molecule has 1 fully saturated rings. The highest BCUT2D eigenvalue weighted by molar-refractivity contribution is 4.95. The summed E-state index contributed by atoms with van der Waals surface area (Å²) in [6, 6.07) is 0. The molecular formula is C12H22. The van der Waals surface area contributed by atoms with Crippen molar-refractivity contribution in [1.29, 1.82) is 0 Å². The van der Waals surface area contributed by atoms with Gasteiger partial charge in [-0.05, 0) is 37.0 Å². The van der Waals surface area contributed by atoms with E-state index in [4.69, 9.17) is 0 Å². The molecule has 1 aliphatic carbocycles. The van der Waals surface area contributed by atoms with Gasteiger partial charge in [-0.25, -0.2) is 0 Å². The molecule has 12 heavy (non-hydrogen) atoms. The summed E-state index contributed by atoms with van der Waals surface area (Å²) in [7, 11) is 0. The standard InChI is InChI=1S/C12H22/c1-4-5-6-7-12-9-10(2)8-11(12)3/h6-7,10-12H,4-5,8-9H2,1-3H3. The Morgan fingerprint density at radius 1 is 1.25 bits per heavy atom. The van der Waals surface area contributed by atoms with E-state index < -0.39 is 0 Å². The molecule has 0 aromatic carbocycles. The van der Waals surface area contributed by atoms with Gasteiger partial charge in [0.1, 0.15) is 0 Å². The smallest absolute Gasteiger partial charge is 0.0205 e. The van der Waals surface area contributed by atoms with E-state index in [1.807, 2.05) is 0 Å². The van der Waals surface area contributed by atoms with Crippen LogP contribution >= 0.6 is 0 Å². The van der Waals surface area contributed by atoms with E-state index in [9.17, 15) is 0 Å². The Hall–Kier alpha value is -0.260. The predicted octanol–water partition coefficient (Wildman–Crippen LogP) is 4.02. The molecule has 1 rings (SSSR count). The Morgan fingerprint density at radius 2 is 2.00 bits per heavy atom. The third kappa shape index (κ3) is 2.66. The van der Waals surface area contributed by atoms with Crippen molar-refractivity contribution >= 4 is 0 Å². The molecule has 70 valence electrons. The van der Waals surface area contributed by atoms with E-state index in [0.29, 0.717) is 0 Å². The lowest BCUT2D eigenvalue weighted by molar-refractivity contribution is 0.501. The van der Waals surface area contributed by atoms with Gasteiger partial charge in [-0.3, -0.25) is 0 Å². The van der Waals surface area contributed by atoms with Crippen LogP contribution in [0.25, 0.3) is 0 Å². The number of unbranched alkanes of at least 4 members (excludes halogenated alkanes) is 1. The minimum Gasteiger partial charge on any atom is -0.0883 e. The fourth-order valence-corrected chi connectivity index (χ4v) is 2.31. The summed E-state index contributed by atoms with van der Waals surface area (Å²) in [6.07, 6.45) is 10.2. The molecule has 0 bridgehead atoms. The second-order valence-electron chi connectivity index (χ2n) is 4.43. The van der Waals surface area contributed by atoms with Gasteiger partial charge in [-0.15, -0.1) is 0 Å². The van der Waals surface area contributed by atoms with Crippen molar-refractivity contribution in [3.8, 4) is 0 Å². The van der Waals surface area contributed by atoms with Gasteiger partial charge >= 0.3 is 0 Å². The molecule has 0 aromatic rings. The monoisotopic (exact) mass is 166 g/mol. The summed E-state index contributed by atoms with van der Waals surface area (Å²) in [5, 5.41) is 0. The van der Waals surface area contributed by atoms with Crippen LogP contribution in [0.1, 0.15) is 46.5 Å². The molecule has 1 aliphatic rings. The van der Waals surface area contributed by atoms with Crippen molar-refractivity contribution in [2.24, 2.45) is 17.8 Å². The van der Waals surface area contributed by atoms with E-state index in [-0.39, 0.29) is 0 Å². The minimum atomic E-state index is 0.881. The SMILES string of the molecule is CCCC=CC1CC(C)CC1C. The Bertz CT molecular complexity index is 146. The first-order chi connectivity index (χ1) is 5.74. The zero-order valence-corrected chi connectivity index (χ0v) is 8.72. The molecule has 3 unspecified atom stereocenters. The Kier molecular flexibility index (Phi) is 3.84. The van der Waals surface area contributed by atoms with Crippen LogP contribution in [0.3, 0.4) is 0 Å². The maximum atomic E-state index is 2.46. The van der Waals surface area contributed by atoms with Crippen molar-refractivity contribution in [2.45, 2.75) is 46.5 Å². The van der Waals surface area contributed by atoms with Crippen molar-refractivity contribution in [1.82, 2.24) is 0 Å². The summed E-state index contributed by atoms with van der Waals surface area (Å²) in [6.45, 7) is 7.01. The van der Waals surface area contributed by atoms with E-state index in [0.717, 1.165) is 17.8 Å². The summed E-state index contributed by atoms with van der Waals surface area (Å²) >= 11 is 0. The quantitative estimate of drug-likeness (QED) is 0.555. The van der Waals surface area contributed by atoms with Crippen molar-refractivity contribution in [3.05, 3.63) is 12.2 Å². The van der Waals surface area contributed by atoms with E-state index in [2.05, 4.69) is 32.9 Å². The zero-order chi connectivity index (χ0) is 8.97. The Labute approximate surface area is 77.1 Å². The first kappa shape index (κ1) is 9.83. The predicted molar refractivity (Wildman–Crippen MR) is 55.1 cm³/mol. The van der Waals surface area contributed by atoms with Crippen LogP contribution in [0.5, 0.6) is 0 Å². The number of hydrogen-bond acceptors (Lipinski definition) is 0. The molecule has 0 heterocycles. The molecule has 0 aliphatic heterocycles. The van der Waals surface area contributed by atoms with Crippen LogP contribution in [0, 0.1) is 17.8 Å². The highest BCUT2D eigenvalue weighted by atomic mass is 14.3. The van der Waals surface area contributed by atoms with Crippen molar-refractivity contribution in [3.63, 3.8) is 0 Å². The number of allylic oxidation sites excluding steroid dienone is 2. The summed E-state index contributed by atoms with van der Waals surface area (Å²) in [5.41, 5.74) is 0. The number of hydrogen-bond donors (Lipinski definition) is 0. The number of rotatable bonds is 3. The molecule has 0 N–H and O–H groups in total. The van der Waals surface area contributed by atoms with Crippen LogP contribution in [0.15, 0.2) is 12.2 Å². The third-order valence-corrected chi connectivity index (χ3v) is 3.02. The first-order valence-corrected chi connectivity index (χ1v) is 5.40. The first-order valence-electron chi connectivity index (χ1n) is 5.40. The second kappa shape index (κ2) is 4.69. The minimum absolute atomic E-state index is 0.881. The van der Waals surface area contributed by atoms with Crippen LogP contribution in [0.2, 0.25) is 0 Å². The van der Waals surface area contributed by atoms with E-state index in [1.165, 1.54) is 25.7 Å². The van der Waals surface area contributed by atoms with Gasteiger partial charge in [0.25, 0.3) is 0 Å². The topological polar surface area (TPSA) is 0 Å². The van der Waals surface area contributed by atoms with Gasteiger partial charge in [0.05, 0.1) is 0 Å². The van der Waals surface area contributed by atoms with Gasteiger partial charge in [-0.2, -0.15) is 0 Å². The lowest BCUT2D eigenvalue weighted by Gasteiger charge is -2.08. The van der Waals surface area contributed by atoms with Crippen LogP contribution in [-0.4, -0.2) is 0 Å². The summed E-state index contributed by atoms with van der Waals surface area (Å²) in [5.74, 6) is 2.76. The highest BCUT2D eigenvalue weighted by Crippen LogP contribution is 2.36. The molecule has 0 saturated heterocycles. The highest BCUT2D eigenvalue weighted by Gasteiger charge is 2.26. The summed E-state index contributed by atoms with van der Waals surface area (Å²) in [4.78, 5) is 0. The summed E-state index contributed by atoms with van der Waals surface area (Å²) < 4.78 is 0. The van der Waals surface area contributed by atoms with Gasteiger partial charge < -0.3 is 0 Å². The van der Waals surface area contributed by atoms with Gasteiger partial charge in [0, 0.05) is 0 Å². The van der Waals surface area contributed by atoms with Crippen molar-refractivity contribution < 1.29 is 0 Å². The molecule has 0 amide bonds. The van der Waals surface area contributed by atoms with Gasteiger partial charge in [-0.1, -0.05) is 39.3 Å². The Balaban J connectivity index is 2.32. The molecular weight excluding hydrogens is 144 g/mol. The molecule has 3 atom stereocenters.